The van der Waals surface area contributed by atoms with Crippen LogP contribution in [0.4, 0.5) is 4.39 Å². The number of halogens is 1. The number of hydrogen-bond acceptors (Lipinski definition) is 4. The zero-order chi connectivity index (χ0) is 16.2. The van der Waals surface area contributed by atoms with E-state index in [0.29, 0.717) is 23.7 Å². The SMILES string of the molecule is CCCCC(=O)N1CCCC1c1nc(-c2ccc(F)cc2)no1. The summed E-state index contributed by atoms with van der Waals surface area (Å²) in [4.78, 5) is 18.6. The van der Waals surface area contributed by atoms with E-state index in [4.69, 9.17) is 4.52 Å². The number of hydrogen-bond donors (Lipinski definition) is 0. The summed E-state index contributed by atoms with van der Waals surface area (Å²) < 4.78 is 18.4. The van der Waals surface area contributed by atoms with Gasteiger partial charge in [0.25, 0.3) is 0 Å². The first-order chi connectivity index (χ1) is 11.2. The molecule has 1 aromatic carbocycles. The van der Waals surface area contributed by atoms with Crippen LogP contribution in [0.5, 0.6) is 0 Å². The van der Waals surface area contributed by atoms with E-state index in [2.05, 4.69) is 17.1 Å². The van der Waals surface area contributed by atoms with Crippen LogP contribution in [0.15, 0.2) is 28.8 Å². The zero-order valence-electron chi connectivity index (χ0n) is 13.2. The van der Waals surface area contributed by atoms with Gasteiger partial charge in [0.05, 0.1) is 0 Å². The molecule has 0 saturated carbocycles. The highest BCUT2D eigenvalue weighted by molar-refractivity contribution is 5.76. The molecule has 0 N–H and O–H groups in total. The Morgan fingerprint density at radius 3 is 2.91 bits per heavy atom. The lowest BCUT2D eigenvalue weighted by atomic mass is 10.2. The number of nitrogens with zero attached hydrogens (tertiary/aromatic N) is 3. The van der Waals surface area contributed by atoms with Crippen LogP contribution in [0, 0.1) is 5.82 Å². The normalized spacial score (nSPS) is 17.7. The predicted molar refractivity (Wildman–Crippen MR) is 82.9 cm³/mol. The minimum Gasteiger partial charge on any atom is -0.337 e. The van der Waals surface area contributed by atoms with Crippen molar-refractivity contribution in [2.24, 2.45) is 0 Å². The van der Waals surface area contributed by atoms with Crippen molar-refractivity contribution in [1.82, 2.24) is 15.0 Å². The summed E-state index contributed by atoms with van der Waals surface area (Å²) in [6, 6.07) is 5.82. The number of rotatable bonds is 5. The summed E-state index contributed by atoms with van der Waals surface area (Å²) in [5.74, 6) is 0.733. The lowest BCUT2D eigenvalue weighted by molar-refractivity contribution is -0.132. The number of likely N-dealkylation sites (tertiary alicyclic amines) is 1. The first kappa shape index (κ1) is 15.6. The molecule has 23 heavy (non-hydrogen) atoms. The maximum Gasteiger partial charge on any atom is 0.249 e. The monoisotopic (exact) mass is 317 g/mol. The van der Waals surface area contributed by atoms with Crippen LogP contribution in [0.25, 0.3) is 11.4 Å². The van der Waals surface area contributed by atoms with Crippen LogP contribution < -0.4 is 0 Å². The maximum absolute atomic E-state index is 13.0. The molecule has 122 valence electrons. The highest BCUT2D eigenvalue weighted by atomic mass is 19.1. The van der Waals surface area contributed by atoms with Crippen LogP contribution in [0.2, 0.25) is 0 Å². The topological polar surface area (TPSA) is 59.2 Å². The number of unbranched alkanes of at least 4 members (excludes halogenated alkanes) is 1. The third-order valence-electron chi connectivity index (χ3n) is 4.15. The Labute approximate surface area is 134 Å². The molecule has 0 aliphatic carbocycles. The van der Waals surface area contributed by atoms with Gasteiger partial charge in [0.1, 0.15) is 11.9 Å². The number of amides is 1. The standard InChI is InChI=1S/C17H20FN3O2/c1-2-3-6-15(22)21-11-4-5-14(21)17-19-16(20-23-17)12-7-9-13(18)10-8-12/h7-10,14H,2-6,11H2,1H3. The van der Waals surface area contributed by atoms with Crippen molar-refractivity contribution in [3.05, 3.63) is 36.0 Å². The van der Waals surface area contributed by atoms with Crippen molar-refractivity contribution >= 4 is 5.91 Å². The van der Waals surface area contributed by atoms with Crippen molar-refractivity contribution in [3.8, 4) is 11.4 Å². The van der Waals surface area contributed by atoms with E-state index in [1.165, 1.54) is 12.1 Å². The Morgan fingerprint density at radius 1 is 1.39 bits per heavy atom. The zero-order valence-corrected chi connectivity index (χ0v) is 13.2. The van der Waals surface area contributed by atoms with Gasteiger partial charge < -0.3 is 9.42 Å². The van der Waals surface area contributed by atoms with Gasteiger partial charge in [-0.15, -0.1) is 0 Å². The van der Waals surface area contributed by atoms with Crippen molar-refractivity contribution in [3.63, 3.8) is 0 Å². The largest absolute Gasteiger partial charge is 0.337 e. The quantitative estimate of drug-likeness (QED) is 0.843. The molecular weight excluding hydrogens is 297 g/mol. The van der Waals surface area contributed by atoms with Gasteiger partial charge in [0.15, 0.2) is 0 Å². The minimum atomic E-state index is -0.305. The molecule has 2 aromatic rings. The van der Waals surface area contributed by atoms with E-state index in [1.54, 1.807) is 12.1 Å². The van der Waals surface area contributed by atoms with Gasteiger partial charge in [0, 0.05) is 18.5 Å². The Bertz CT molecular complexity index is 669. The predicted octanol–water partition coefficient (Wildman–Crippen LogP) is 3.73. The van der Waals surface area contributed by atoms with E-state index in [9.17, 15) is 9.18 Å². The highest BCUT2D eigenvalue weighted by Crippen LogP contribution is 2.32. The highest BCUT2D eigenvalue weighted by Gasteiger charge is 2.33. The molecule has 0 spiro atoms. The lowest BCUT2D eigenvalue weighted by Crippen LogP contribution is -2.30. The fourth-order valence-corrected chi connectivity index (χ4v) is 2.88. The second kappa shape index (κ2) is 6.89. The average Bonchev–Trinajstić information content (AvgIpc) is 3.21. The molecule has 1 fully saturated rings. The van der Waals surface area contributed by atoms with Crippen LogP contribution in [-0.2, 0) is 4.79 Å². The third-order valence-corrected chi connectivity index (χ3v) is 4.15. The molecule has 1 saturated heterocycles. The van der Waals surface area contributed by atoms with Gasteiger partial charge in [-0.3, -0.25) is 4.79 Å². The van der Waals surface area contributed by atoms with Gasteiger partial charge in [-0.25, -0.2) is 4.39 Å². The van der Waals surface area contributed by atoms with E-state index in [1.807, 2.05) is 4.90 Å². The fourth-order valence-electron chi connectivity index (χ4n) is 2.88. The summed E-state index contributed by atoms with van der Waals surface area (Å²) in [7, 11) is 0. The van der Waals surface area contributed by atoms with Crippen molar-refractivity contribution < 1.29 is 13.7 Å². The molecule has 3 rings (SSSR count). The molecule has 1 atom stereocenters. The Kier molecular flexibility index (Phi) is 4.69. The molecule has 6 heteroatoms. The summed E-state index contributed by atoms with van der Waals surface area (Å²) >= 11 is 0. The lowest BCUT2D eigenvalue weighted by Gasteiger charge is -2.21. The first-order valence-corrected chi connectivity index (χ1v) is 8.08. The summed E-state index contributed by atoms with van der Waals surface area (Å²) in [6.45, 7) is 2.81. The van der Waals surface area contributed by atoms with E-state index in [0.717, 1.165) is 32.2 Å². The van der Waals surface area contributed by atoms with Crippen molar-refractivity contribution in [2.45, 2.75) is 45.1 Å². The second-order valence-corrected chi connectivity index (χ2v) is 5.81. The molecular formula is C17H20FN3O2. The van der Waals surface area contributed by atoms with E-state index in [-0.39, 0.29) is 17.8 Å². The molecule has 0 radical (unpaired) electrons. The van der Waals surface area contributed by atoms with Crippen LogP contribution in [-0.4, -0.2) is 27.5 Å². The van der Waals surface area contributed by atoms with Gasteiger partial charge in [0.2, 0.25) is 17.6 Å². The fraction of sp³-hybridized carbons (Fsp3) is 0.471. The van der Waals surface area contributed by atoms with Gasteiger partial charge in [-0.05, 0) is 43.5 Å². The van der Waals surface area contributed by atoms with E-state index < -0.39 is 0 Å². The Balaban J connectivity index is 1.76. The van der Waals surface area contributed by atoms with Crippen molar-refractivity contribution in [2.75, 3.05) is 6.54 Å². The molecule has 1 unspecified atom stereocenters. The first-order valence-electron chi connectivity index (χ1n) is 8.08. The third kappa shape index (κ3) is 3.41. The molecule has 1 amide bonds. The number of aromatic nitrogens is 2. The molecule has 0 bridgehead atoms. The number of carbonyl (C=O) groups excluding carboxylic acids is 1. The summed E-state index contributed by atoms with van der Waals surface area (Å²) in [5, 5.41) is 3.97. The van der Waals surface area contributed by atoms with Crippen LogP contribution in [0.3, 0.4) is 0 Å². The van der Waals surface area contributed by atoms with Gasteiger partial charge in [-0.1, -0.05) is 18.5 Å². The van der Waals surface area contributed by atoms with Gasteiger partial charge >= 0.3 is 0 Å². The second-order valence-electron chi connectivity index (χ2n) is 5.81. The average molecular weight is 317 g/mol. The van der Waals surface area contributed by atoms with Crippen molar-refractivity contribution in [1.29, 1.82) is 0 Å². The molecule has 2 heterocycles. The summed E-state index contributed by atoms with van der Waals surface area (Å²) in [5.41, 5.74) is 0.697. The van der Waals surface area contributed by atoms with Crippen LogP contribution in [0.1, 0.15) is 51.0 Å². The maximum atomic E-state index is 13.0. The molecule has 1 aliphatic heterocycles. The van der Waals surface area contributed by atoms with E-state index >= 15 is 0 Å². The number of carbonyl (C=O) groups is 1. The molecule has 1 aliphatic rings. The molecule has 5 nitrogen and oxygen atoms in total. The number of benzene rings is 1. The Morgan fingerprint density at radius 2 is 2.17 bits per heavy atom. The Hall–Kier alpha value is -2.24. The minimum absolute atomic E-state index is 0.138. The van der Waals surface area contributed by atoms with Gasteiger partial charge in [-0.2, -0.15) is 4.98 Å². The molecule has 1 aromatic heterocycles. The van der Waals surface area contributed by atoms with Crippen LogP contribution >= 0.6 is 0 Å². The smallest absolute Gasteiger partial charge is 0.249 e. The summed E-state index contributed by atoms with van der Waals surface area (Å²) in [6.07, 6.45) is 4.23.